The highest BCUT2D eigenvalue weighted by atomic mass is 16.6. The molecule has 1 N–H and O–H groups in total. The van der Waals surface area contributed by atoms with E-state index in [9.17, 15) is 24.5 Å². The molecule has 1 aromatic carbocycles. The highest BCUT2D eigenvalue weighted by molar-refractivity contribution is 6.20. The normalized spacial score (nSPS) is 14.8. The van der Waals surface area contributed by atoms with Gasteiger partial charge in [-0.05, 0) is 6.07 Å². The van der Waals surface area contributed by atoms with Crippen molar-refractivity contribution in [3.63, 3.8) is 0 Å². The molecule has 1 heterocycles. The fourth-order valence-electron chi connectivity index (χ4n) is 1.82. The molecule has 2 rings (SSSR count). The number of amides is 2. The number of nitro benzene ring substituents is 1. The van der Waals surface area contributed by atoms with Crippen molar-refractivity contribution in [3.05, 3.63) is 33.9 Å². The number of non-ortho nitro benzene ring substituents is 1. The lowest BCUT2D eigenvalue weighted by Crippen LogP contribution is -2.28. The third kappa shape index (κ3) is 2.28. The zero-order chi connectivity index (χ0) is 14.2. The molecule has 1 fully saturated rings. The summed E-state index contributed by atoms with van der Waals surface area (Å²) in [5.41, 5.74) is -0.918. The Balaban J connectivity index is 2.56. The molecule has 1 saturated heterocycles. The van der Waals surface area contributed by atoms with Crippen LogP contribution in [0.3, 0.4) is 0 Å². The van der Waals surface area contributed by atoms with Crippen LogP contribution in [0.1, 0.15) is 23.2 Å². The van der Waals surface area contributed by atoms with Crippen LogP contribution in [0.4, 0.5) is 11.4 Å². The first-order valence-corrected chi connectivity index (χ1v) is 5.28. The second-order valence-electron chi connectivity index (χ2n) is 3.92. The Hall–Kier alpha value is -2.77. The number of carboxylic acid groups (broad SMARTS) is 1. The number of benzene rings is 1. The Morgan fingerprint density at radius 3 is 2.26 bits per heavy atom. The number of anilines is 1. The molecular formula is C11H8N2O6. The third-order valence-electron chi connectivity index (χ3n) is 2.67. The van der Waals surface area contributed by atoms with Crippen LogP contribution in [0.25, 0.3) is 0 Å². The second kappa shape index (κ2) is 4.48. The van der Waals surface area contributed by atoms with Gasteiger partial charge in [-0.25, -0.2) is 4.79 Å². The molecule has 0 unspecified atom stereocenters. The summed E-state index contributed by atoms with van der Waals surface area (Å²) in [5, 5.41) is 19.6. The van der Waals surface area contributed by atoms with Gasteiger partial charge in [0.15, 0.2) is 0 Å². The van der Waals surface area contributed by atoms with E-state index >= 15 is 0 Å². The van der Waals surface area contributed by atoms with Gasteiger partial charge < -0.3 is 5.11 Å². The predicted octanol–water partition coefficient (Wildman–Crippen LogP) is 0.946. The number of rotatable bonds is 3. The molecule has 0 atom stereocenters. The van der Waals surface area contributed by atoms with Crippen LogP contribution >= 0.6 is 0 Å². The second-order valence-corrected chi connectivity index (χ2v) is 3.92. The van der Waals surface area contributed by atoms with Gasteiger partial charge in [0.25, 0.3) is 5.69 Å². The lowest BCUT2D eigenvalue weighted by atomic mass is 10.1. The van der Waals surface area contributed by atoms with E-state index in [0.29, 0.717) is 0 Å². The molecule has 1 aromatic rings. The van der Waals surface area contributed by atoms with Gasteiger partial charge in [0, 0.05) is 25.0 Å². The predicted molar refractivity (Wildman–Crippen MR) is 61.8 cm³/mol. The van der Waals surface area contributed by atoms with E-state index in [1.807, 2.05) is 0 Å². The zero-order valence-corrected chi connectivity index (χ0v) is 9.53. The van der Waals surface area contributed by atoms with Crippen molar-refractivity contribution in [2.24, 2.45) is 0 Å². The number of nitro groups is 1. The number of carboxylic acids is 1. The fourth-order valence-corrected chi connectivity index (χ4v) is 1.82. The highest BCUT2D eigenvalue weighted by Gasteiger charge is 2.31. The molecule has 0 spiro atoms. The fraction of sp³-hybridized carbons (Fsp3) is 0.182. The first kappa shape index (κ1) is 12.7. The van der Waals surface area contributed by atoms with E-state index in [2.05, 4.69) is 0 Å². The molecule has 1 aliphatic rings. The quantitative estimate of drug-likeness (QED) is 0.493. The maximum absolute atomic E-state index is 11.5. The van der Waals surface area contributed by atoms with Gasteiger partial charge in [0.05, 0.1) is 16.2 Å². The summed E-state index contributed by atoms with van der Waals surface area (Å²) >= 11 is 0. The monoisotopic (exact) mass is 264 g/mol. The van der Waals surface area contributed by atoms with Gasteiger partial charge >= 0.3 is 5.97 Å². The van der Waals surface area contributed by atoms with Crippen LogP contribution in [-0.2, 0) is 9.59 Å². The number of hydrogen-bond acceptors (Lipinski definition) is 5. The van der Waals surface area contributed by atoms with Crippen molar-refractivity contribution in [1.82, 2.24) is 0 Å². The molecule has 98 valence electrons. The van der Waals surface area contributed by atoms with Crippen molar-refractivity contribution in [3.8, 4) is 0 Å². The maximum atomic E-state index is 11.5. The van der Waals surface area contributed by atoms with Crippen molar-refractivity contribution in [2.75, 3.05) is 4.90 Å². The summed E-state index contributed by atoms with van der Waals surface area (Å²) < 4.78 is 0. The van der Waals surface area contributed by atoms with E-state index in [4.69, 9.17) is 5.11 Å². The average Bonchev–Trinajstić information content (AvgIpc) is 2.68. The van der Waals surface area contributed by atoms with Crippen LogP contribution < -0.4 is 4.90 Å². The van der Waals surface area contributed by atoms with Crippen LogP contribution in [-0.4, -0.2) is 27.8 Å². The Kier molecular flexibility index (Phi) is 2.99. The summed E-state index contributed by atoms with van der Waals surface area (Å²) in [6, 6.07) is 2.95. The number of aromatic carboxylic acids is 1. The first-order chi connectivity index (χ1) is 8.90. The number of carbonyl (C=O) groups excluding carboxylic acids is 2. The SMILES string of the molecule is O=C(O)c1cc(N2C(=O)CCC2=O)cc([N+](=O)[O-])c1. The summed E-state index contributed by atoms with van der Waals surface area (Å²) in [5.74, 6) is -2.37. The van der Waals surface area contributed by atoms with Crippen LogP contribution in [0.15, 0.2) is 18.2 Å². The smallest absolute Gasteiger partial charge is 0.336 e. The van der Waals surface area contributed by atoms with E-state index in [1.165, 1.54) is 0 Å². The molecule has 1 aliphatic heterocycles. The van der Waals surface area contributed by atoms with Crippen LogP contribution in [0.2, 0.25) is 0 Å². The Bertz CT molecular complexity index is 561. The molecule has 0 bridgehead atoms. The number of imide groups is 1. The maximum Gasteiger partial charge on any atom is 0.336 e. The number of carbonyl (C=O) groups is 3. The van der Waals surface area contributed by atoms with Crippen molar-refractivity contribution >= 4 is 29.2 Å². The van der Waals surface area contributed by atoms with Gasteiger partial charge in [0.1, 0.15) is 0 Å². The number of hydrogen-bond donors (Lipinski definition) is 1. The molecule has 8 nitrogen and oxygen atoms in total. The molecule has 0 saturated carbocycles. The molecule has 8 heteroatoms. The first-order valence-electron chi connectivity index (χ1n) is 5.28. The Morgan fingerprint density at radius 1 is 1.21 bits per heavy atom. The highest BCUT2D eigenvalue weighted by Crippen LogP contribution is 2.28. The van der Waals surface area contributed by atoms with E-state index in [-0.39, 0.29) is 24.1 Å². The molecule has 0 aliphatic carbocycles. The Morgan fingerprint density at radius 2 is 1.79 bits per heavy atom. The van der Waals surface area contributed by atoms with Gasteiger partial charge in [-0.15, -0.1) is 0 Å². The molecule has 0 aromatic heterocycles. The Labute approximate surface area is 106 Å². The van der Waals surface area contributed by atoms with E-state index in [1.54, 1.807) is 0 Å². The number of nitrogens with zero attached hydrogens (tertiary/aromatic N) is 2. The van der Waals surface area contributed by atoms with Gasteiger partial charge in [0.2, 0.25) is 11.8 Å². The standard InChI is InChI=1S/C11H8N2O6/c14-9-1-2-10(15)12(9)7-3-6(11(16)17)4-8(5-7)13(18)19/h3-5H,1-2H2,(H,16,17). The third-order valence-corrected chi connectivity index (χ3v) is 2.67. The lowest BCUT2D eigenvalue weighted by molar-refractivity contribution is -0.384. The summed E-state index contributed by atoms with van der Waals surface area (Å²) in [6.45, 7) is 0. The van der Waals surface area contributed by atoms with Crippen molar-refractivity contribution < 1.29 is 24.4 Å². The van der Waals surface area contributed by atoms with Crippen molar-refractivity contribution in [2.45, 2.75) is 12.8 Å². The minimum Gasteiger partial charge on any atom is -0.478 e. The zero-order valence-electron chi connectivity index (χ0n) is 9.53. The van der Waals surface area contributed by atoms with Crippen LogP contribution in [0, 0.1) is 10.1 Å². The minimum absolute atomic E-state index is 0.0178. The summed E-state index contributed by atoms with van der Waals surface area (Å²) in [7, 11) is 0. The van der Waals surface area contributed by atoms with Crippen molar-refractivity contribution in [1.29, 1.82) is 0 Å². The summed E-state index contributed by atoms with van der Waals surface area (Å²) in [6.07, 6.45) is 0.0356. The van der Waals surface area contributed by atoms with E-state index in [0.717, 1.165) is 23.1 Å². The van der Waals surface area contributed by atoms with E-state index < -0.39 is 28.4 Å². The minimum atomic E-state index is -1.37. The molecule has 0 radical (unpaired) electrons. The largest absolute Gasteiger partial charge is 0.478 e. The van der Waals surface area contributed by atoms with Gasteiger partial charge in [-0.3, -0.25) is 24.6 Å². The summed E-state index contributed by atoms with van der Waals surface area (Å²) in [4.78, 5) is 44.7. The van der Waals surface area contributed by atoms with Gasteiger partial charge in [-0.2, -0.15) is 0 Å². The van der Waals surface area contributed by atoms with Gasteiger partial charge in [-0.1, -0.05) is 0 Å². The molecular weight excluding hydrogens is 256 g/mol. The van der Waals surface area contributed by atoms with Crippen LogP contribution in [0.5, 0.6) is 0 Å². The molecule has 19 heavy (non-hydrogen) atoms. The molecule has 2 amide bonds. The lowest BCUT2D eigenvalue weighted by Gasteiger charge is -2.14. The average molecular weight is 264 g/mol. The topological polar surface area (TPSA) is 118 Å².